The van der Waals surface area contributed by atoms with Crippen molar-refractivity contribution in [1.82, 2.24) is 10.2 Å². The predicted octanol–water partition coefficient (Wildman–Crippen LogP) is 4.17. The molecule has 1 spiro atoms. The summed E-state index contributed by atoms with van der Waals surface area (Å²) in [6.45, 7) is 4.94. The van der Waals surface area contributed by atoms with Crippen LogP contribution in [0, 0.1) is 0 Å². The molecule has 4 heteroatoms. The highest BCUT2D eigenvalue weighted by Gasteiger charge is 2.49. The van der Waals surface area contributed by atoms with Gasteiger partial charge < -0.3 is 9.64 Å². The van der Waals surface area contributed by atoms with Gasteiger partial charge in [0.05, 0.1) is 6.10 Å². The molecule has 2 atom stereocenters. The number of nitrogens with zero attached hydrogens (tertiary/aromatic N) is 1. The number of ether oxygens (including phenoxy) is 1. The number of hydrogen-bond acceptors (Lipinski definition) is 3. The maximum absolute atomic E-state index is 12.6. The van der Waals surface area contributed by atoms with E-state index in [4.69, 9.17) is 4.74 Å². The molecule has 2 aromatic rings. The van der Waals surface area contributed by atoms with Crippen molar-refractivity contribution < 1.29 is 9.53 Å². The van der Waals surface area contributed by atoms with Gasteiger partial charge in [0, 0.05) is 25.2 Å². The molecule has 2 aromatic carbocycles. The summed E-state index contributed by atoms with van der Waals surface area (Å²) in [5.74, 6) is 1.16. The zero-order valence-corrected chi connectivity index (χ0v) is 16.4. The van der Waals surface area contributed by atoms with Gasteiger partial charge in [0.15, 0.2) is 0 Å². The maximum atomic E-state index is 12.6. The van der Waals surface area contributed by atoms with E-state index in [1.54, 1.807) is 0 Å². The second-order valence-corrected chi connectivity index (χ2v) is 8.08. The van der Waals surface area contributed by atoms with Crippen molar-refractivity contribution in [3.05, 3.63) is 54.1 Å². The Labute approximate surface area is 161 Å². The molecule has 0 radical (unpaired) electrons. The van der Waals surface area contributed by atoms with Crippen molar-refractivity contribution in [1.29, 1.82) is 0 Å². The van der Waals surface area contributed by atoms with Crippen LogP contribution in [0.5, 0.6) is 5.75 Å². The molecular weight excluding hydrogens is 336 g/mol. The summed E-state index contributed by atoms with van der Waals surface area (Å²) in [5, 5.41) is 3.67. The molecule has 4 nitrogen and oxygen atoms in total. The molecular formula is C23H28N2O2. The number of nitrogens with one attached hydrogen (secondary N) is 1. The molecule has 1 N–H and O–H groups in total. The Balaban J connectivity index is 1.61. The lowest BCUT2D eigenvalue weighted by atomic mass is 9.95. The monoisotopic (exact) mass is 364 g/mol. The van der Waals surface area contributed by atoms with Gasteiger partial charge in [-0.15, -0.1) is 0 Å². The highest BCUT2D eigenvalue weighted by atomic mass is 16.5. The van der Waals surface area contributed by atoms with Gasteiger partial charge in [-0.3, -0.25) is 10.1 Å². The van der Waals surface area contributed by atoms with Crippen molar-refractivity contribution in [3.63, 3.8) is 0 Å². The third kappa shape index (κ3) is 3.34. The van der Waals surface area contributed by atoms with Crippen LogP contribution in [0.1, 0.15) is 44.7 Å². The first-order valence-electron chi connectivity index (χ1n) is 9.88. The van der Waals surface area contributed by atoms with Crippen LogP contribution in [0.3, 0.4) is 0 Å². The average Bonchev–Trinajstić information content (AvgIpc) is 3.22. The number of para-hydroxylation sites is 1. The minimum absolute atomic E-state index is 0.135. The fourth-order valence-corrected chi connectivity index (χ4v) is 4.40. The van der Waals surface area contributed by atoms with Crippen LogP contribution < -0.4 is 10.1 Å². The standard InChI is InChI=1S/C23H28N2O2/c1-16(2)27-21-10-5-4-9-19(21)17-7-6-8-18(15-17)20-11-12-23(24-20)13-14-25(3)22(23)26/h4-10,15-16,20,24H,11-14H2,1-3H3. The summed E-state index contributed by atoms with van der Waals surface area (Å²) in [5.41, 5.74) is 3.15. The van der Waals surface area contributed by atoms with Gasteiger partial charge >= 0.3 is 0 Å². The molecule has 0 aromatic heterocycles. The molecule has 27 heavy (non-hydrogen) atoms. The lowest BCUT2D eigenvalue weighted by molar-refractivity contribution is -0.131. The minimum atomic E-state index is -0.353. The first-order valence-corrected chi connectivity index (χ1v) is 9.88. The van der Waals surface area contributed by atoms with Gasteiger partial charge in [0.2, 0.25) is 5.91 Å². The van der Waals surface area contributed by atoms with Gasteiger partial charge in [-0.25, -0.2) is 0 Å². The van der Waals surface area contributed by atoms with Gasteiger partial charge in [0.1, 0.15) is 11.3 Å². The van der Waals surface area contributed by atoms with E-state index in [2.05, 4.69) is 35.6 Å². The van der Waals surface area contributed by atoms with Crippen molar-refractivity contribution >= 4 is 5.91 Å². The van der Waals surface area contributed by atoms with E-state index in [1.807, 2.05) is 44.0 Å². The Morgan fingerprint density at radius 2 is 1.96 bits per heavy atom. The summed E-state index contributed by atoms with van der Waals surface area (Å²) >= 11 is 0. The molecule has 0 bridgehead atoms. The van der Waals surface area contributed by atoms with Gasteiger partial charge in [0.25, 0.3) is 0 Å². The number of hydrogen-bond donors (Lipinski definition) is 1. The molecule has 2 saturated heterocycles. The van der Waals surface area contributed by atoms with E-state index < -0.39 is 0 Å². The summed E-state index contributed by atoms with van der Waals surface area (Å²) in [6, 6.07) is 17.0. The average molecular weight is 364 g/mol. The highest BCUT2D eigenvalue weighted by molar-refractivity contribution is 5.88. The summed E-state index contributed by atoms with van der Waals surface area (Å²) in [7, 11) is 1.90. The van der Waals surface area contributed by atoms with Crippen molar-refractivity contribution in [3.8, 4) is 16.9 Å². The largest absolute Gasteiger partial charge is 0.490 e. The predicted molar refractivity (Wildman–Crippen MR) is 108 cm³/mol. The quantitative estimate of drug-likeness (QED) is 0.885. The van der Waals surface area contributed by atoms with Crippen molar-refractivity contribution in [2.24, 2.45) is 0 Å². The second kappa shape index (κ2) is 7.01. The van der Waals surface area contributed by atoms with Crippen LogP contribution in [0.15, 0.2) is 48.5 Å². The van der Waals surface area contributed by atoms with Crippen LogP contribution in [0.25, 0.3) is 11.1 Å². The topological polar surface area (TPSA) is 41.6 Å². The molecule has 1 amide bonds. The fourth-order valence-electron chi connectivity index (χ4n) is 4.40. The summed E-state index contributed by atoms with van der Waals surface area (Å²) < 4.78 is 6.00. The molecule has 2 aliphatic rings. The molecule has 0 aliphatic carbocycles. The van der Waals surface area contributed by atoms with Crippen molar-refractivity contribution in [2.75, 3.05) is 13.6 Å². The molecule has 2 aliphatic heterocycles. The third-order valence-electron chi connectivity index (χ3n) is 5.79. The van der Waals surface area contributed by atoms with Crippen LogP contribution >= 0.6 is 0 Å². The Morgan fingerprint density at radius 1 is 1.15 bits per heavy atom. The van der Waals surface area contributed by atoms with E-state index in [0.29, 0.717) is 0 Å². The SMILES string of the molecule is CC(C)Oc1ccccc1-c1cccc(C2CCC3(CCN(C)C3=O)N2)c1. The molecule has 4 rings (SSSR count). The van der Waals surface area contributed by atoms with Crippen LogP contribution in [0.2, 0.25) is 0 Å². The molecule has 2 unspecified atom stereocenters. The third-order valence-corrected chi connectivity index (χ3v) is 5.79. The first-order chi connectivity index (χ1) is 13.0. The Kier molecular flexibility index (Phi) is 4.68. The molecule has 0 saturated carbocycles. The molecule has 2 heterocycles. The van der Waals surface area contributed by atoms with Gasteiger partial charge in [-0.1, -0.05) is 36.4 Å². The number of likely N-dealkylation sites (N-methyl/N-ethyl adjacent to an activating group) is 1. The minimum Gasteiger partial charge on any atom is -0.490 e. The smallest absolute Gasteiger partial charge is 0.242 e. The fraction of sp³-hybridized carbons (Fsp3) is 0.435. The van der Waals surface area contributed by atoms with Gasteiger partial charge in [-0.2, -0.15) is 0 Å². The first kappa shape index (κ1) is 18.1. The van der Waals surface area contributed by atoms with Crippen molar-refractivity contribution in [2.45, 2.75) is 50.8 Å². The Hall–Kier alpha value is -2.33. The van der Waals surface area contributed by atoms with Crippen LogP contribution in [-0.4, -0.2) is 36.0 Å². The van der Waals surface area contributed by atoms with E-state index in [0.717, 1.165) is 42.7 Å². The zero-order valence-electron chi connectivity index (χ0n) is 16.4. The summed E-state index contributed by atoms with van der Waals surface area (Å²) in [6.07, 6.45) is 2.95. The lowest BCUT2D eigenvalue weighted by Crippen LogP contribution is -2.47. The van der Waals surface area contributed by atoms with Gasteiger partial charge in [-0.05, 0) is 56.4 Å². The number of amides is 1. The van der Waals surface area contributed by atoms with Crippen LogP contribution in [-0.2, 0) is 4.79 Å². The zero-order chi connectivity index (χ0) is 19.0. The Morgan fingerprint density at radius 3 is 2.70 bits per heavy atom. The van der Waals surface area contributed by atoms with Crippen LogP contribution in [0.4, 0.5) is 0 Å². The molecule has 2 fully saturated rings. The maximum Gasteiger partial charge on any atom is 0.242 e. The van der Waals surface area contributed by atoms with E-state index in [9.17, 15) is 4.79 Å². The van der Waals surface area contributed by atoms with E-state index in [1.165, 1.54) is 5.56 Å². The summed E-state index contributed by atoms with van der Waals surface area (Å²) in [4.78, 5) is 14.4. The highest BCUT2D eigenvalue weighted by Crippen LogP contribution is 2.40. The number of rotatable bonds is 4. The normalized spacial score (nSPS) is 25.0. The number of benzene rings is 2. The van der Waals surface area contributed by atoms with E-state index in [-0.39, 0.29) is 23.6 Å². The lowest BCUT2D eigenvalue weighted by Gasteiger charge is -2.23. The second-order valence-electron chi connectivity index (χ2n) is 8.08. The van der Waals surface area contributed by atoms with E-state index >= 15 is 0 Å². The number of carbonyl (C=O) groups is 1. The number of likely N-dealkylation sites (tertiary alicyclic amines) is 1. The molecule has 142 valence electrons. The number of carbonyl (C=O) groups excluding carboxylic acids is 1. The Bertz CT molecular complexity index is 848.